The highest BCUT2D eigenvalue weighted by molar-refractivity contribution is 6.31. The van der Waals surface area contributed by atoms with Crippen LogP contribution in [0.4, 0.5) is 0 Å². The summed E-state index contributed by atoms with van der Waals surface area (Å²) in [7, 11) is 1.66. The monoisotopic (exact) mass is 284 g/mol. The van der Waals surface area contributed by atoms with Crippen LogP contribution in [0.15, 0.2) is 24.3 Å². The highest BCUT2D eigenvalue weighted by Crippen LogP contribution is 2.16. The molecule has 4 nitrogen and oxygen atoms in total. The van der Waals surface area contributed by atoms with Crippen LogP contribution in [-0.4, -0.2) is 39.3 Å². The van der Waals surface area contributed by atoms with E-state index in [1.54, 1.807) is 7.11 Å². The summed E-state index contributed by atoms with van der Waals surface area (Å²) in [4.78, 5) is 11.6. The standard InChI is InChI=1S/C14H21ClN2O2/c1-19-11-10-16-8-9-17-14(18)7-6-12-4-2-3-5-13(12)15/h2-5,16H,6-11H2,1H3,(H,17,18). The predicted octanol–water partition coefficient (Wildman–Crippen LogP) is 1.62. The van der Waals surface area contributed by atoms with Gasteiger partial charge in [0, 0.05) is 38.2 Å². The van der Waals surface area contributed by atoms with Crippen LogP contribution in [0.3, 0.4) is 0 Å². The van der Waals surface area contributed by atoms with Crippen LogP contribution in [0.2, 0.25) is 5.02 Å². The minimum atomic E-state index is 0.0495. The summed E-state index contributed by atoms with van der Waals surface area (Å²) in [6.45, 7) is 2.86. The van der Waals surface area contributed by atoms with Gasteiger partial charge in [-0.15, -0.1) is 0 Å². The number of hydrogen-bond donors (Lipinski definition) is 2. The molecule has 1 amide bonds. The van der Waals surface area contributed by atoms with Crippen molar-refractivity contribution in [2.24, 2.45) is 0 Å². The molecule has 0 aromatic heterocycles. The van der Waals surface area contributed by atoms with Crippen molar-refractivity contribution >= 4 is 17.5 Å². The van der Waals surface area contributed by atoms with Gasteiger partial charge in [0.25, 0.3) is 0 Å². The van der Waals surface area contributed by atoms with Gasteiger partial charge in [0.05, 0.1) is 6.61 Å². The molecular formula is C14H21ClN2O2. The number of amides is 1. The molecule has 0 saturated heterocycles. The molecule has 2 N–H and O–H groups in total. The molecule has 1 rings (SSSR count). The van der Waals surface area contributed by atoms with E-state index < -0.39 is 0 Å². The van der Waals surface area contributed by atoms with Crippen LogP contribution in [-0.2, 0) is 16.0 Å². The zero-order valence-electron chi connectivity index (χ0n) is 11.2. The van der Waals surface area contributed by atoms with Crippen molar-refractivity contribution in [2.75, 3.05) is 33.4 Å². The minimum Gasteiger partial charge on any atom is -0.383 e. The molecule has 5 heteroatoms. The van der Waals surface area contributed by atoms with E-state index in [0.717, 1.165) is 23.7 Å². The fourth-order valence-electron chi connectivity index (χ4n) is 1.63. The second-order valence-corrected chi connectivity index (χ2v) is 4.59. The molecule has 0 saturated carbocycles. The SMILES string of the molecule is COCCNCCNC(=O)CCc1ccccc1Cl. The van der Waals surface area contributed by atoms with Crippen LogP contribution in [0.25, 0.3) is 0 Å². The summed E-state index contributed by atoms with van der Waals surface area (Å²) in [6.07, 6.45) is 1.13. The maximum Gasteiger partial charge on any atom is 0.220 e. The average molecular weight is 285 g/mol. The van der Waals surface area contributed by atoms with Crippen molar-refractivity contribution in [3.05, 3.63) is 34.9 Å². The molecule has 106 valence electrons. The fourth-order valence-corrected chi connectivity index (χ4v) is 1.86. The number of hydrogen-bond acceptors (Lipinski definition) is 3. The summed E-state index contributed by atoms with van der Waals surface area (Å²) in [5.74, 6) is 0.0495. The third-order valence-electron chi connectivity index (χ3n) is 2.69. The van der Waals surface area contributed by atoms with E-state index in [-0.39, 0.29) is 5.91 Å². The van der Waals surface area contributed by atoms with Crippen LogP contribution >= 0.6 is 11.6 Å². The van der Waals surface area contributed by atoms with Gasteiger partial charge in [-0.2, -0.15) is 0 Å². The largest absolute Gasteiger partial charge is 0.383 e. The minimum absolute atomic E-state index is 0.0495. The van der Waals surface area contributed by atoms with Gasteiger partial charge >= 0.3 is 0 Å². The predicted molar refractivity (Wildman–Crippen MR) is 77.5 cm³/mol. The molecule has 1 aromatic carbocycles. The number of rotatable bonds is 9. The van der Waals surface area contributed by atoms with E-state index in [1.165, 1.54) is 0 Å². The molecule has 0 fully saturated rings. The number of methoxy groups -OCH3 is 1. The number of ether oxygens (including phenoxy) is 1. The topological polar surface area (TPSA) is 50.4 Å². The lowest BCUT2D eigenvalue weighted by molar-refractivity contribution is -0.121. The zero-order chi connectivity index (χ0) is 13.9. The molecule has 0 unspecified atom stereocenters. The maximum absolute atomic E-state index is 11.6. The molecule has 0 radical (unpaired) electrons. The maximum atomic E-state index is 11.6. The van der Waals surface area contributed by atoms with E-state index >= 15 is 0 Å². The van der Waals surface area contributed by atoms with Crippen molar-refractivity contribution in [1.29, 1.82) is 0 Å². The van der Waals surface area contributed by atoms with E-state index in [0.29, 0.717) is 26.0 Å². The normalized spacial score (nSPS) is 10.4. The Morgan fingerprint density at radius 2 is 2.05 bits per heavy atom. The van der Waals surface area contributed by atoms with E-state index in [9.17, 15) is 4.79 Å². The molecule has 0 atom stereocenters. The summed E-state index contributed by atoms with van der Waals surface area (Å²) >= 11 is 6.03. The number of nitrogens with one attached hydrogen (secondary N) is 2. The zero-order valence-corrected chi connectivity index (χ0v) is 12.0. The van der Waals surface area contributed by atoms with Gasteiger partial charge in [-0.3, -0.25) is 4.79 Å². The van der Waals surface area contributed by atoms with E-state index in [2.05, 4.69) is 10.6 Å². The van der Waals surface area contributed by atoms with E-state index in [4.69, 9.17) is 16.3 Å². The number of carbonyl (C=O) groups is 1. The Labute approximate surface area is 119 Å². The second kappa shape index (κ2) is 9.78. The lowest BCUT2D eigenvalue weighted by Crippen LogP contribution is -2.33. The molecule has 1 aromatic rings. The first-order valence-corrected chi connectivity index (χ1v) is 6.81. The Morgan fingerprint density at radius 3 is 2.79 bits per heavy atom. The molecule has 0 aliphatic rings. The molecule has 0 spiro atoms. The van der Waals surface area contributed by atoms with E-state index in [1.807, 2.05) is 24.3 Å². The van der Waals surface area contributed by atoms with Crippen molar-refractivity contribution in [1.82, 2.24) is 10.6 Å². The van der Waals surface area contributed by atoms with Gasteiger partial charge in [-0.1, -0.05) is 29.8 Å². The molecule has 0 heterocycles. The molecule has 0 bridgehead atoms. The van der Waals surface area contributed by atoms with Gasteiger partial charge in [0.15, 0.2) is 0 Å². The third kappa shape index (κ3) is 7.15. The number of benzene rings is 1. The highest BCUT2D eigenvalue weighted by Gasteiger charge is 2.04. The smallest absolute Gasteiger partial charge is 0.220 e. The molecule has 0 aliphatic carbocycles. The molecule has 19 heavy (non-hydrogen) atoms. The van der Waals surface area contributed by atoms with Gasteiger partial charge < -0.3 is 15.4 Å². The summed E-state index contributed by atoms with van der Waals surface area (Å²) < 4.78 is 4.91. The van der Waals surface area contributed by atoms with Crippen molar-refractivity contribution < 1.29 is 9.53 Å². The second-order valence-electron chi connectivity index (χ2n) is 4.18. The number of halogens is 1. The average Bonchev–Trinajstić information content (AvgIpc) is 2.42. The van der Waals surface area contributed by atoms with Crippen molar-refractivity contribution in [3.63, 3.8) is 0 Å². The fraction of sp³-hybridized carbons (Fsp3) is 0.500. The highest BCUT2D eigenvalue weighted by atomic mass is 35.5. The summed E-state index contributed by atoms with van der Waals surface area (Å²) in [5, 5.41) is 6.75. The Bertz CT molecular complexity index is 385. The quantitative estimate of drug-likeness (QED) is 0.678. The third-order valence-corrected chi connectivity index (χ3v) is 3.05. The number of carbonyl (C=O) groups excluding carboxylic acids is 1. The molecule has 0 aliphatic heterocycles. The first kappa shape index (κ1) is 16.0. The van der Waals surface area contributed by atoms with Crippen molar-refractivity contribution in [2.45, 2.75) is 12.8 Å². The summed E-state index contributed by atoms with van der Waals surface area (Å²) in [5.41, 5.74) is 1.01. The summed E-state index contributed by atoms with van der Waals surface area (Å²) in [6, 6.07) is 7.60. The van der Waals surface area contributed by atoms with Crippen LogP contribution in [0.1, 0.15) is 12.0 Å². The van der Waals surface area contributed by atoms with Gasteiger partial charge in [0.1, 0.15) is 0 Å². The van der Waals surface area contributed by atoms with Gasteiger partial charge in [-0.25, -0.2) is 0 Å². The first-order chi connectivity index (χ1) is 9.24. The Morgan fingerprint density at radius 1 is 1.26 bits per heavy atom. The lowest BCUT2D eigenvalue weighted by atomic mass is 10.1. The molecular weight excluding hydrogens is 264 g/mol. The Kier molecular flexibility index (Phi) is 8.21. The van der Waals surface area contributed by atoms with Gasteiger partial charge in [0.2, 0.25) is 5.91 Å². The van der Waals surface area contributed by atoms with Crippen LogP contribution in [0.5, 0.6) is 0 Å². The Hall–Kier alpha value is -1.10. The van der Waals surface area contributed by atoms with Gasteiger partial charge in [-0.05, 0) is 18.1 Å². The van der Waals surface area contributed by atoms with Crippen LogP contribution < -0.4 is 10.6 Å². The Balaban J connectivity index is 2.10. The number of aryl methyl sites for hydroxylation is 1. The lowest BCUT2D eigenvalue weighted by Gasteiger charge is -2.07. The van der Waals surface area contributed by atoms with Crippen LogP contribution in [0, 0.1) is 0 Å². The first-order valence-electron chi connectivity index (χ1n) is 6.44. The van der Waals surface area contributed by atoms with Crippen molar-refractivity contribution in [3.8, 4) is 0 Å².